The third-order valence-electron chi connectivity index (χ3n) is 2.98. The van der Waals surface area contributed by atoms with Crippen LogP contribution in [0.1, 0.15) is 5.56 Å². The van der Waals surface area contributed by atoms with Gasteiger partial charge in [0.2, 0.25) is 0 Å². The summed E-state index contributed by atoms with van der Waals surface area (Å²) >= 11 is 12.1. The molecule has 0 aliphatic carbocycles. The Hall–Kier alpha value is -1.71. The number of fused-ring (bicyclic) bond motifs is 1. The lowest BCUT2D eigenvalue weighted by Crippen LogP contribution is -1.94. The highest BCUT2D eigenvalue weighted by molar-refractivity contribution is 6.35. The summed E-state index contributed by atoms with van der Waals surface area (Å²) in [6, 6.07) is 10.0. The minimum atomic E-state index is -0.366. The quantitative estimate of drug-likeness (QED) is 0.588. The molecule has 0 bridgehead atoms. The zero-order valence-corrected chi connectivity index (χ0v) is 12.0. The van der Waals surface area contributed by atoms with Crippen LogP contribution in [0, 0.1) is 12.7 Å². The Balaban J connectivity index is 2.24. The van der Waals surface area contributed by atoms with E-state index in [2.05, 4.69) is 9.97 Å². The monoisotopic (exact) mass is 306 g/mol. The van der Waals surface area contributed by atoms with E-state index in [0.717, 1.165) is 5.56 Å². The molecule has 0 radical (unpaired) electrons. The molecular formula is C15H9Cl2FN2. The summed E-state index contributed by atoms with van der Waals surface area (Å²) in [6.07, 6.45) is 0. The zero-order valence-electron chi connectivity index (χ0n) is 10.5. The Kier molecular flexibility index (Phi) is 3.32. The van der Waals surface area contributed by atoms with Crippen molar-refractivity contribution < 1.29 is 4.39 Å². The van der Waals surface area contributed by atoms with Gasteiger partial charge in [0.1, 0.15) is 11.0 Å². The molecule has 20 heavy (non-hydrogen) atoms. The number of rotatable bonds is 1. The maximum absolute atomic E-state index is 14.0. The fourth-order valence-corrected chi connectivity index (χ4v) is 2.39. The normalized spacial score (nSPS) is 11.0. The number of hydrogen-bond donors (Lipinski definition) is 0. The molecule has 0 saturated heterocycles. The number of hydrogen-bond acceptors (Lipinski definition) is 2. The molecule has 2 nitrogen and oxygen atoms in total. The van der Waals surface area contributed by atoms with Gasteiger partial charge in [0, 0.05) is 10.4 Å². The van der Waals surface area contributed by atoms with Crippen molar-refractivity contribution in [2.45, 2.75) is 6.92 Å². The van der Waals surface area contributed by atoms with Crippen molar-refractivity contribution in [3.05, 3.63) is 58.0 Å². The van der Waals surface area contributed by atoms with Crippen LogP contribution in [0.25, 0.3) is 22.3 Å². The average molecular weight is 307 g/mol. The molecule has 3 aromatic rings. The summed E-state index contributed by atoms with van der Waals surface area (Å²) in [5, 5.41) is 1.46. The summed E-state index contributed by atoms with van der Waals surface area (Å²) in [7, 11) is 0. The lowest BCUT2D eigenvalue weighted by molar-refractivity contribution is 0.629. The van der Waals surface area contributed by atoms with Crippen LogP contribution in [-0.2, 0) is 0 Å². The smallest absolute Gasteiger partial charge is 0.164 e. The molecule has 1 heterocycles. The minimum absolute atomic E-state index is 0.257. The van der Waals surface area contributed by atoms with Crippen LogP contribution in [0.2, 0.25) is 10.2 Å². The first-order valence-electron chi connectivity index (χ1n) is 5.94. The topological polar surface area (TPSA) is 25.8 Å². The Bertz CT molecular complexity index is 818. The van der Waals surface area contributed by atoms with Crippen LogP contribution >= 0.6 is 23.2 Å². The van der Waals surface area contributed by atoms with Crippen LogP contribution in [0.4, 0.5) is 4.39 Å². The van der Waals surface area contributed by atoms with E-state index in [0.29, 0.717) is 21.5 Å². The van der Waals surface area contributed by atoms with Gasteiger partial charge in [-0.05, 0) is 42.8 Å². The lowest BCUT2D eigenvalue weighted by atomic mass is 10.1. The van der Waals surface area contributed by atoms with Crippen LogP contribution in [0.5, 0.6) is 0 Å². The van der Waals surface area contributed by atoms with E-state index in [1.54, 1.807) is 24.3 Å². The van der Waals surface area contributed by atoms with Gasteiger partial charge in [0.25, 0.3) is 0 Å². The molecule has 0 fully saturated rings. The second-order valence-electron chi connectivity index (χ2n) is 4.48. The molecule has 3 rings (SSSR count). The molecule has 1 aromatic heterocycles. The van der Waals surface area contributed by atoms with Crippen LogP contribution in [0.15, 0.2) is 36.4 Å². The van der Waals surface area contributed by atoms with Gasteiger partial charge in [-0.15, -0.1) is 0 Å². The standard InChI is InChI=1S/C15H9Cl2FN2/c1-8-2-4-10(12(18)6-8)15-19-13-5-3-9(16)7-11(13)14(17)20-15/h2-7H,1H3. The maximum Gasteiger partial charge on any atom is 0.164 e. The van der Waals surface area contributed by atoms with Gasteiger partial charge in [0.05, 0.1) is 11.1 Å². The van der Waals surface area contributed by atoms with Crippen molar-refractivity contribution in [3.63, 3.8) is 0 Å². The van der Waals surface area contributed by atoms with Gasteiger partial charge in [-0.25, -0.2) is 14.4 Å². The van der Waals surface area contributed by atoms with Crippen LogP contribution < -0.4 is 0 Å². The predicted octanol–water partition coefficient (Wildman–Crippen LogP) is 5.05. The minimum Gasteiger partial charge on any atom is -0.228 e. The Morgan fingerprint density at radius 3 is 2.55 bits per heavy atom. The maximum atomic E-state index is 14.0. The number of halogens is 3. The highest BCUT2D eigenvalue weighted by Gasteiger charge is 2.12. The fourth-order valence-electron chi connectivity index (χ4n) is 1.99. The van der Waals surface area contributed by atoms with Crippen molar-refractivity contribution >= 4 is 34.1 Å². The molecule has 0 amide bonds. The third-order valence-corrected chi connectivity index (χ3v) is 3.50. The molecular weight excluding hydrogens is 298 g/mol. The molecule has 0 aliphatic heterocycles. The second kappa shape index (κ2) is 5.00. The van der Waals surface area contributed by atoms with Crippen molar-refractivity contribution in [1.29, 1.82) is 0 Å². The number of nitrogens with zero attached hydrogens (tertiary/aromatic N) is 2. The third kappa shape index (κ3) is 2.35. The van der Waals surface area contributed by atoms with Gasteiger partial charge in [-0.3, -0.25) is 0 Å². The molecule has 0 aliphatic rings. The van der Waals surface area contributed by atoms with E-state index in [1.807, 2.05) is 13.0 Å². The molecule has 0 N–H and O–H groups in total. The number of benzene rings is 2. The first-order valence-corrected chi connectivity index (χ1v) is 6.69. The SMILES string of the molecule is Cc1ccc(-c2nc(Cl)c3cc(Cl)ccc3n2)c(F)c1. The highest BCUT2D eigenvalue weighted by Crippen LogP contribution is 2.28. The Labute approximate surface area is 125 Å². The Morgan fingerprint density at radius 2 is 1.80 bits per heavy atom. The fraction of sp³-hybridized carbons (Fsp3) is 0.0667. The highest BCUT2D eigenvalue weighted by atomic mass is 35.5. The van der Waals surface area contributed by atoms with Crippen LogP contribution in [0.3, 0.4) is 0 Å². The van der Waals surface area contributed by atoms with Gasteiger partial charge < -0.3 is 0 Å². The Morgan fingerprint density at radius 1 is 1.00 bits per heavy atom. The van der Waals surface area contributed by atoms with Gasteiger partial charge in [0.15, 0.2) is 5.82 Å². The van der Waals surface area contributed by atoms with E-state index in [9.17, 15) is 4.39 Å². The molecule has 5 heteroatoms. The predicted molar refractivity (Wildman–Crippen MR) is 79.7 cm³/mol. The van der Waals surface area contributed by atoms with E-state index >= 15 is 0 Å². The molecule has 0 saturated carbocycles. The van der Waals surface area contributed by atoms with Crippen LogP contribution in [-0.4, -0.2) is 9.97 Å². The van der Waals surface area contributed by atoms with Crippen molar-refractivity contribution in [2.24, 2.45) is 0 Å². The number of aromatic nitrogens is 2. The zero-order chi connectivity index (χ0) is 14.3. The van der Waals surface area contributed by atoms with E-state index in [-0.39, 0.29) is 16.8 Å². The first kappa shape index (κ1) is 13.3. The summed E-state index contributed by atoms with van der Waals surface area (Å²) in [4.78, 5) is 8.50. The summed E-state index contributed by atoms with van der Waals surface area (Å²) in [6.45, 7) is 1.82. The molecule has 0 spiro atoms. The summed E-state index contributed by atoms with van der Waals surface area (Å²) in [5.74, 6) is -0.100. The molecule has 100 valence electrons. The van der Waals surface area contributed by atoms with E-state index in [4.69, 9.17) is 23.2 Å². The van der Waals surface area contributed by atoms with Crippen molar-refractivity contribution in [2.75, 3.05) is 0 Å². The summed E-state index contributed by atoms with van der Waals surface area (Å²) in [5.41, 5.74) is 1.80. The average Bonchev–Trinajstić information content (AvgIpc) is 2.39. The largest absolute Gasteiger partial charge is 0.228 e. The van der Waals surface area contributed by atoms with Crippen molar-refractivity contribution in [1.82, 2.24) is 9.97 Å². The van der Waals surface area contributed by atoms with Crippen molar-refractivity contribution in [3.8, 4) is 11.4 Å². The summed E-state index contributed by atoms with van der Waals surface area (Å²) < 4.78 is 14.0. The van der Waals surface area contributed by atoms with Gasteiger partial charge >= 0.3 is 0 Å². The molecule has 0 unspecified atom stereocenters. The first-order chi connectivity index (χ1) is 9.54. The lowest BCUT2D eigenvalue weighted by Gasteiger charge is -2.06. The van der Waals surface area contributed by atoms with Gasteiger partial charge in [-0.1, -0.05) is 29.3 Å². The molecule has 0 atom stereocenters. The second-order valence-corrected chi connectivity index (χ2v) is 5.28. The molecule has 2 aromatic carbocycles. The van der Waals surface area contributed by atoms with E-state index in [1.165, 1.54) is 6.07 Å². The number of aryl methyl sites for hydroxylation is 1. The van der Waals surface area contributed by atoms with E-state index < -0.39 is 0 Å². The van der Waals surface area contributed by atoms with Gasteiger partial charge in [-0.2, -0.15) is 0 Å².